The largest absolute Gasteiger partial charge is 0.380 e. The van der Waals surface area contributed by atoms with Crippen LogP contribution in [0.15, 0.2) is 49.2 Å². The number of anilines is 2. The number of carbonyl (C=O) groups excluding carboxylic acids is 1. The molecule has 0 saturated heterocycles. The molecule has 6 heteroatoms. The molecule has 108 valence electrons. The second kappa shape index (κ2) is 6.60. The molecule has 0 aliphatic rings. The SMILES string of the molecule is C=CCNc1ccc(C(=O)Nc2ccc(F)c(F)c2)nc1. The van der Waals surface area contributed by atoms with E-state index in [0.29, 0.717) is 6.54 Å². The highest BCUT2D eigenvalue weighted by Gasteiger charge is 2.09. The molecule has 1 heterocycles. The van der Waals surface area contributed by atoms with Gasteiger partial charge in [0.15, 0.2) is 11.6 Å². The van der Waals surface area contributed by atoms with Crippen LogP contribution in [0.1, 0.15) is 10.5 Å². The van der Waals surface area contributed by atoms with Crippen LogP contribution < -0.4 is 10.6 Å². The topological polar surface area (TPSA) is 54.0 Å². The summed E-state index contributed by atoms with van der Waals surface area (Å²) in [6, 6.07) is 6.35. The van der Waals surface area contributed by atoms with E-state index in [2.05, 4.69) is 22.2 Å². The van der Waals surface area contributed by atoms with Crippen LogP contribution in [0.4, 0.5) is 20.2 Å². The minimum absolute atomic E-state index is 0.162. The van der Waals surface area contributed by atoms with Crippen molar-refractivity contribution in [1.82, 2.24) is 4.98 Å². The van der Waals surface area contributed by atoms with Crippen molar-refractivity contribution in [2.24, 2.45) is 0 Å². The van der Waals surface area contributed by atoms with E-state index in [0.717, 1.165) is 17.8 Å². The highest BCUT2D eigenvalue weighted by Crippen LogP contribution is 2.14. The third-order valence-corrected chi connectivity index (χ3v) is 2.62. The van der Waals surface area contributed by atoms with E-state index >= 15 is 0 Å². The van der Waals surface area contributed by atoms with E-state index in [1.807, 2.05) is 0 Å². The first-order valence-corrected chi connectivity index (χ1v) is 6.17. The zero-order valence-corrected chi connectivity index (χ0v) is 11.1. The lowest BCUT2D eigenvalue weighted by Crippen LogP contribution is -2.14. The van der Waals surface area contributed by atoms with Crippen LogP contribution in [0, 0.1) is 11.6 Å². The van der Waals surface area contributed by atoms with E-state index in [4.69, 9.17) is 0 Å². The summed E-state index contributed by atoms with van der Waals surface area (Å²) in [5.74, 6) is -2.50. The van der Waals surface area contributed by atoms with Crippen LogP contribution in [0.2, 0.25) is 0 Å². The number of amides is 1. The van der Waals surface area contributed by atoms with Gasteiger partial charge in [-0.15, -0.1) is 6.58 Å². The van der Waals surface area contributed by atoms with Crippen LogP contribution in [-0.4, -0.2) is 17.4 Å². The summed E-state index contributed by atoms with van der Waals surface area (Å²) >= 11 is 0. The van der Waals surface area contributed by atoms with E-state index in [9.17, 15) is 13.6 Å². The molecular weight excluding hydrogens is 276 g/mol. The Morgan fingerprint density at radius 2 is 1.95 bits per heavy atom. The Morgan fingerprint density at radius 3 is 2.57 bits per heavy atom. The van der Waals surface area contributed by atoms with Crippen molar-refractivity contribution in [3.8, 4) is 0 Å². The van der Waals surface area contributed by atoms with Crippen LogP contribution in [0.5, 0.6) is 0 Å². The molecule has 0 fully saturated rings. The average molecular weight is 289 g/mol. The van der Waals surface area contributed by atoms with Crippen molar-refractivity contribution >= 4 is 17.3 Å². The van der Waals surface area contributed by atoms with Crippen molar-refractivity contribution in [3.05, 3.63) is 66.5 Å². The first kappa shape index (κ1) is 14.6. The van der Waals surface area contributed by atoms with Gasteiger partial charge in [0.05, 0.1) is 11.9 Å². The number of halogens is 2. The Bertz CT molecular complexity index is 656. The first-order chi connectivity index (χ1) is 10.1. The molecule has 1 amide bonds. The average Bonchev–Trinajstić information content (AvgIpc) is 2.49. The summed E-state index contributed by atoms with van der Waals surface area (Å²) in [4.78, 5) is 15.9. The normalized spacial score (nSPS) is 10.0. The van der Waals surface area contributed by atoms with E-state index in [-0.39, 0.29) is 11.4 Å². The molecular formula is C15H13F2N3O. The molecule has 0 spiro atoms. The molecule has 2 N–H and O–H groups in total. The Labute approximate surface area is 120 Å². The molecule has 2 aromatic rings. The standard InChI is InChI=1S/C15H13F2N3O/c1-2-7-18-11-4-6-14(19-9-11)15(21)20-10-3-5-12(16)13(17)8-10/h2-6,8-9,18H,1,7H2,(H,20,21). The molecule has 0 radical (unpaired) electrons. The van der Waals surface area contributed by atoms with Gasteiger partial charge < -0.3 is 10.6 Å². The monoisotopic (exact) mass is 289 g/mol. The summed E-state index contributed by atoms with van der Waals surface area (Å²) in [6.07, 6.45) is 3.20. The lowest BCUT2D eigenvalue weighted by molar-refractivity contribution is 0.102. The van der Waals surface area contributed by atoms with Gasteiger partial charge in [0.25, 0.3) is 5.91 Å². The number of nitrogens with zero attached hydrogens (tertiary/aromatic N) is 1. The third kappa shape index (κ3) is 3.85. The fourth-order valence-electron chi connectivity index (χ4n) is 1.59. The first-order valence-electron chi connectivity index (χ1n) is 6.17. The second-order valence-corrected chi connectivity index (χ2v) is 4.18. The molecule has 1 aromatic heterocycles. The maximum atomic E-state index is 13.0. The molecule has 0 aliphatic carbocycles. The van der Waals surface area contributed by atoms with Crippen molar-refractivity contribution in [2.75, 3.05) is 17.2 Å². The van der Waals surface area contributed by atoms with E-state index in [1.54, 1.807) is 12.1 Å². The number of carbonyl (C=O) groups is 1. The molecule has 4 nitrogen and oxygen atoms in total. The summed E-state index contributed by atoms with van der Waals surface area (Å²) in [5, 5.41) is 5.46. The number of benzene rings is 1. The smallest absolute Gasteiger partial charge is 0.274 e. The second-order valence-electron chi connectivity index (χ2n) is 4.18. The van der Waals surface area contributed by atoms with Gasteiger partial charge in [-0.25, -0.2) is 13.8 Å². The van der Waals surface area contributed by atoms with E-state index in [1.165, 1.54) is 18.3 Å². The minimum atomic E-state index is -1.02. The molecule has 2 rings (SSSR count). The zero-order valence-electron chi connectivity index (χ0n) is 11.1. The molecule has 0 unspecified atom stereocenters. The molecule has 0 saturated carbocycles. The fourth-order valence-corrected chi connectivity index (χ4v) is 1.59. The van der Waals surface area contributed by atoms with Gasteiger partial charge in [-0.1, -0.05) is 6.08 Å². The van der Waals surface area contributed by atoms with Crippen LogP contribution in [0.3, 0.4) is 0 Å². The van der Waals surface area contributed by atoms with Gasteiger partial charge >= 0.3 is 0 Å². The third-order valence-electron chi connectivity index (χ3n) is 2.62. The van der Waals surface area contributed by atoms with Crippen LogP contribution in [0.25, 0.3) is 0 Å². The fraction of sp³-hybridized carbons (Fsp3) is 0.0667. The maximum Gasteiger partial charge on any atom is 0.274 e. The highest BCUT2D eigenvalue weighted by molar-refractivity contribution is 6.02. The summed E-state index contributed by atoms with van der Waals surface area (Å²) < 4.78 is 25.8. The summed E-state index contributed by atoms with van der Waals surface area (Å²) in [5.41, 5.74) is 1.08. The lowest BCUT2D eigenvalue weighted by Gasteiger charge is -2.06. The number of rotatable bonds is 5. The maximum absolute atomic E-state index is 13.0. The lowest BCUT2D eigenvalue weighted by atomic mass is 10.2. The van der Waals surface area contributed by atoms with Gasteiger partial charge in [-0.05, 0) is 24.3 Å². The van der Waals surface area contributed by atoms with Gasteiger partial charge in [0.2, 0.25) is 0 Å². The zero-order chi connectivity index (χ0) is 15.2. The Balaban J connectivity index is 2.05. The number of nitrogens with one attached hydrogen (secondary N) is 2. The Hall–Kier alpha value is -2.76. The van der Waals surface area contributed by atoms with Crippen molar-refractivity contribution in [2.45, 2.75) is 0 Å². The number of pyridine rings is 1. The van der Waals surface area contributed by atoms with Crippen LogP contribution >= 0.6 is 0 Å². The van der Waals surface area contributed by atoms with Gasteiger partial charge in [-0.2, -0.15) is 0 Å². The van der Waals surface area contributed by atoms with Gasteiger partial charge in [-0.3, -0.25) is 4.79 Å². The minimum Gasteiger partial charge on any atom is -0.380 e. The summed E-state index contributed by atoms with van der Waals surface area (Å²) in [6.45, 7) is 4.16. The Morgan fingerprint density at radius 1 is 1.19 bits per heavy atom. The quantitative estimate of drug-likeness (QED) is 0.831. The Kier molecular flexibility index (Phi) is 4.61. The number of hydrogen-bond acceptors (Lipinski definition) is 3. The van der Waals surface area contributed by atoms with Gasteiger partial charge in [0.1, 0.15) is 5.69 Å². The van der Waals surface area contributed by atoms with E-state index < -0.39 is 17.5 Å². The number of aromatic nitrogens is 1. The molecule has 0 aliphatic heterocycles. The van der Waals surface area contributed by atoms with Crippen molar-refractivity contribution < 1.29 is 13.6 Å². The molecule has 0 atom stereocenters. The van der Waals surface area contributed by atoms with Crippen molar-refractivity contribution in [1.29, 1.82) is 0 Å². The molecule has 0 bridgehead atoms. The van der Waals surface area contributed by atoms with Crippen molar-refractivity contribution in [3.63, 3.8) is 0 Å². The highest BCUT2D eigenvalue weighted by atomic mass is 19.2. The van der Waals surface area contributed by atoms with Crippen LogP contribution in [-0.2, 0) is 0 Å². The van der Waals surface area contributed by atoms with Gasteiger partial charge in [0, 0.05) is 18.3 Å². The number of hydrogen-bond donors (Lipinski definition) is 2. The molecule has 1 aromatic carbocycles. The predicted molar refractivity (Wildman–Crippen MR) is 77.2 cm³/mol. The molecule has 21 heavy (non-hydrogen) atoms. The summed E-state index contributed by atoms with van der Waals surface area (Å²) in [7, 11) is 0. The predicted octanol–water partition coefficient (Wildman–Crippen LogP) is 3.21.